The number of thiocarbonyl (C=S) groups is 1. The van der Waals surface area contributed by atoms with Gasteiger partial charge in [-0.25, -0.2) is 0 Å². The molecule has 0 aliphatic carbocycles. The van der Waals surface area contributed by atoms with E-state index in [9.17, 15) is 9.59 Å². The van der Waals surface area contributed by atoms with E-state index in [1.165, 1.54) is 12.0 Å². The summed E-state index contributed by atoms with van der Waals surface area (Å²) in [6.07, 6.45) is 0. The van der Waals surface area contributed by atoms with E-state index in [1.807, 2.05) is 0 Å². The molecule has 0 saturated carbocycles. The zero-order chi connectivity index (χ0) is 15.7. The Morgan fingerprint density at radius 2 is 1.86 bits per heavy atom. The van der Waals surface area contributed by atoms with E-state index in [0.29, 0.717) is 16.9 Å². The van der Waals surface area contributed by atoms with Crippen LogP contribution >= 0.6 is 12.2 Å². The van der Waals surface area contributed by atoms with Gasteiger partial charge in [0.05, 0.1) is 13.7 Å². The summed E-state index contributed by atoms with van der Waals surface area (Å²) in [4.78, 5) is 25.9. The first-order valence-electron chi connectivity index (χ1n) is 6.68. The molecule has 21 heavy (non-hydrogen) atoms. The van der Waals surface area contributed by atoms with Crippen molar-refractivity contribution in [1.82, 2.24) is 4.90 Å². The molecule has 1 saturated heterocycles. The molecule has 0 radical (unpaired) electrons. The topological polar surface area (TPSA) is 72.6 Å². The predicted molar refractivity (Wildman–Crippen MR) is 82.8 cm³/mol. The lowest BCUT2D eigenvalue weighted by atomic mass is 10.00. The summed E-state index contributed by atoms with van der Waals surface area (Å²) >= 11 is 4.96. The first-order chi connectivity index (χ1) is 9.86. The Morgan fingerprint density at radius 1 is 1.29 bits per heavy atom. The molecule has 1 aromatic carbocycles. The molecule has 1 aliphatic rings. The maximum atomic E-state index is 12.2. The molecule has 2 rings (SSSR count). The Kier molecular flexibility index (Phi) is 4.27. The number of carbonyl (C=O) groups is 2. The number of methoxy groups -OCH3 is 1. The highest BCUT2D eigenvalue weighted by molar-refractivity contribution is 7.80. The monoisotopic (exact) mass is 306 g/mol. The molecule has 112 valence electrons. The summed E-state index contributed by atoms with van der Waals surface area (Å²) in [6.45, 7) is 3.72. The number of imide groups is 1. The van der Waals surface area contributed by atoms with Crippen LogP contribution < -0.4 is 10.5 Å². The van der Waals surface area contributed by atoms with Crippen molar-refractivity contribution in [2.75, 3.05) is 7.11 Å². The second-order valence-electron chi connectivity index (χ2n) is 5.23. The number of nitrogens with two attached hydrogens (primary N) is 1. The van der Waals surface area contributed by atoms with Crippen LogP contribution in [0.3, 0.4) is 0 Å². The number of rotatable bonds is 4. The van der Waals surface area contributed by atoms with Crippen LogP contribution in [-0.2, 0) is 16.1 Å². The summed E-state index contributed by atoms with van der Waals surface area (Å²) in [5.74, 6) is -0.294. The average molecular weight is 306 g/mol. The summed E-state index contributed by atoms with van der Waals surface area (Å²) in [5.41, 5.74) is 7.02. The van der Waals surface area contributed by atoms with Crippen LogP contribution in [0.15, 0.2) is 18.2 Å². The number of ether oxygens (including phenoxy) is 1. The van der Waals surface area contributed by atoms with Gasteiger partial charge < -0.3 is 10.5 Å². The average Bonchev–Trinajstić information content (AvgIpc) is 2.65. The molecule has 1 aromatic rings. The van der Waals surface area contributed by atoms with Crippen LogP contribution in [-0.4, -0.2) is 28.8 Å². The van der Waals surface area contributed by atoms with Crippen molar-refractivity contribution < 1.29 is 14.3 Å². The van der Waals surface area contributed by atoms with E-state index < -0.39 is 0 Å². The minimum absolute atomic E-state index is 0.157. The van der Waals surface area contributed by atoms with Crippen LogP contribution in [0.4, 0.5) is 0 Å². The fourth-order valence-corrected chi connectivity index (χ4v) is 2.54. The predicted octanol–water partition coefficient (Wildman–Crippen LogP) is 1.47. The van der Waals surface area contributed by atoms with E-state index in [-0.39, 0.29) is 35.2 Å². The number of benzene rings is 1. The second kappa shape index (κ2) is 5.81. The molecular formula is C15H18N2O3S. The number of hydrogen-bond acceptors (Lipinski definition) is 4. The van der Waals surface area contributed by atoms with Gasteiger partial charge in [-0.3, -0.25) is 14.5 Å². The standard InChI is InChI=1S/C15H18N2O3S/c1-8-9(2)15(19)17(14(8)18)7-11-6-10(13(16)21)4-5-12(11)20-3/h4-6,8-9H,7H2,1-3H3,(H2,16,21). The van der Waals surface area contributed by atoms with Gasteiger partial charge in [0.1, 0.15) is 10.7 Å². The first-order valence-corrected chi connectivity index (χ1v) is 7.09. The van der Waals surface area contributed by atoms with Crippen molar-refractivity contribution >= 4 is 29.0 Å². The van der Waals surface area contributed by atoms with E-state index in [0.717, 1.165) is 0 Å². The van der Waals surface area contributed by atoms with Crippen molar-refractivity contribution in [3.63, 3.8) is 0 Å². The SMILES string of the molecule is COc1ccc(C(N)=S)cc1CN1C(=O)C(C)C(C)C1=O. The van der Waals surface area contributed by atoms with Crippen molar-refractivity contribution in [2.45, 2.75) is 20.4 Å². The lowest BCUT2D eigenvalue weighted by Gasteiger charge is -2.17. The molecule has 2 unspecified atom stereocenters. The van der Waals surface area contributed by atoms with Crippen molar-refractivity contribution in [3.8, 4) is 5.75 Å². The summed E-state index contributed by atoms with van der Waals surface area (Å²) in [5, 5.41) is 0. The zero-order valence-electron chi connectivity index (χ0n) is 12.3. The highest BCUT2D eigenvalue weighted by Gasteiger charge is 2.42. The van der Waals surface area contributed by atoms with Gasteiger partial charge in [0.15, 0.2) is 0 Å². The molecule has 6 heteroatoms. The van der Waals surface area contributed by atoms with Gasteiger partial charge in [0, 0.05) is 23.0 Å². The van der Waals surface area contributed by atoms with Crippen LogP contribution in [0, 0.1) is 11.8 Å². The normalized spacial score (nSPS) is 21.8. The Bertz CT molecular complexity index is 595. The number of nitrogens with zero attached hydrogens (tertiary/aromatic N) is 1. The summed E-state index contributed by atoms with van der Waals surface area (Å²) in [6, 6.07) is 5.25. The van der Waals surface area contributed by atoms with Gasteiger partial charge in [-0.05, 0) is 18.2 Å². The summed E-state index contributed by atoms with van der Waals surface area (Å²) in [7, 11) is 1.54. The molecule has 0 bridgehead atoms. The van der Waals surface area contributed by atoms with Gasteiger partial charge in [-0.15, -0.1) is 0 Å². The third-order valence-electron chi connectivity index (χ3n) is 3.95. The number of amides is 2. The molecule has 5 nitrogen and oxygen atoms in total. The summed E-state index contributed by atoms with van der Waals surface area (Å²) < 4.78 is 5.28. The third kappa shape index (κ3) is 2.76. The minimum Gasteiger partial charge on any atom is -0.496 e. The zero-order valence-corrected chi connectivity index (χ0v) is 13.1. The first kappa shape index (κ1) is 15.4. The molecule has 2 N–H and O–H groups in total. The van der Waals surface area contributed by atoms with E-state index >= 15 is 0 Å². The van der Waals surface area contributed by atoms with Gasteiger partial charge in [-0.1, -0.05) is 26.1 Å². The lowest BCUT2D eigenvalue weighted by molar-refractivity contribution is -0.140. The molecule has 0 aromatic heterocycles. The van der Waals surface area contributed by atoms with E-state index in [1.54, 1.807) is 32.0 Å². The van der Waals surface area contributed by atoms with Gasteiger partial charge >= 0.3 is 0 Å². The van der Waals surface area contributed by atoms with Gasteiger partial charge in [0.2, 0.25) is 11.8 Å². The molecular weight excluding hydrogens is 288 g/mol. The number of hydrogen-bond donors (Lipinski definition) is 1. The van der Waals surface area contributed by atoms with Crippen molar-refractivity contribution in [2.24, 2.45) is 17.6 Å². The third-order valence-corrected chi connectivity index (χ3v) is 4.19. The van der Waals surface area contributed by atoms with Crippen LogP contribution in [0.2, 0.25) is 0 Å². The molecule has 0 spiro atoms. The van der Waals surface area contributed by atoms with Gasteiger partial charge in [-0.2, -0.15) is 0 Å². The smallest absolute Gasteiger partial charge is 0.233 e. The Morgan fingerprint density at radius 3 is 2.33 bits per heavy atom. The highest BCUT2D eigenvalue weighted by atomic mass is 32.1. The Labute approximate surface area is 129 Å². The largest absolute Gasteiger partial charge is 0.496 e. The number of likely N-dealkylation sites (tertiary alicyclic amines) is 1. The lowest BCUT2D eigenvalue weighted by Crippen LogP contribution is -2.30. The maximum Gasteiger partial charge on any atom is 0.233 e. The van der Waals surface area contributed by atoms with Crippen LogP contribution in [0.25, 0.3) is 0 Å². The van der Waals surface area contributed by atoms with Crippen LogP contribution in [0.5, 0.6) is 5.75 Å². The molecule has 1 heterocycles. The second-order valence-corrected chi connectivity index (χ2v) is 5.67. The minimum atomic E-state index is -0.290. The highest BCUT2D eigenvalue weighted by Crippen LogP contribution is 2.29. The Hall–Kier alpha value is -1.95. The van der Waals surface area contributed by atoms with Crippen LogP contribution in [0.1, 0.15) is 25.0 Å². The molecule has 2 atom stereocenters. The quantitative estimate of drug-likeness (QED) is 0.673. The Balaban J connectivity index is 2.34. The van der Waals surface area contributed by atoms with Crippen molar-refractivity contribution in [3.05, 3.63) is 29.3 Å². The fourth-order valence-electron chi connectivity index (χ4n) is 2.41. The fraction of sp³-hybridized carbons (Fsp3) is 0.400. The molecule has 1 aliphatic heterocycles. The molecule has 2 amide bonds. The number of carbonyl (C=O) groups excluding carboxylic acids is 2. The maximum absolute atomic E-state index is 12.2. The van der Waals surface area contributed by atoms with Crippen molar-refractivity contribution in [1.29, 1.82) is 0 Å². The van der Waals surface area contributed by atoms with Gasteiger partial charge in [0.25, 0.3) is 0 Å². The van der Waals surface area contributed by atoms with E-state index in [2.05, 4.69) is 0 Å². The van der Waals surface area contributed by atoms with E-state index in [4.69, 9.17) is 22.7 Å². The molecule has 1 fully saturated rings.